The van der Waals surface area contributed by atoms with Crippen LogP contribution >= 0.6 is 0 Å². The van der Waals surface area contributed by atoms with Crippen molar-refractivity contribution < 1.29 is 4.74 Å². The predicted octanol–water partition coefficient (Wildman–Crippen LogP) is 18.3. The van der Waals surface area contributed by atoms with E-state index in [0.29, 0.717) is 0 Å². The molecular weight excluding hydrogens is 871 g/mol. The lowest BCUT2D eigenvalue weighted by molar-refractivity contribution is 0.437. The minimum absolute atomic E-state index is 0.0566. The van der Waals surface area contributed by atoms with Gasteiger partial charge in [-0.25, -0.2) is 0 Å². The Morgan fingerprint density at radius 2 is 0.778 bits per heavy atom. The largest absolute Gasteiger partial charge is 0.456 e. The van der Waals surface area contributed by atoms with Crippen LogP contribution < -0.4 is 9.64 Å². The van der Waals surface area contributed by atoms with Crippen LogP contribution in [0.1, 0.15) is 97.2 Å². The second kappa shape index (κ2) is 16.2. The molecule has 1 heterocycles. The van der Waals surface area contributed by atoms with Gasteiger partial charge in [0, 0.05) is 33.6 Å². The standard InChI is InChI=1S/C70H57NO/c1-67(2,3)48-37-40-53-54-41-38-49(68(4,5)6)44-62(54)70(61(53)43-48)59-33-19-21-36-65(59)72-66-57(31-22-34-60(66)70)56-30-17-20-35-64(56)71(50-27-14-9-15-28-50)51-39-42-55-52-29-16-18-32-58(52)69(63(55)45-51,46-23-10-7-11-24-46)47-25-12-8-13-26-47/h7-45H,1-6H3. The summed E-state index contributed by atoms with van der Waals surface area (Å²) in [6.07, 6.45) is 0. The van der Waals surface area contributed by atoms with Crippen molar-refractivity contribution in [2.45, 2.75) is 63.2 Å². The third kappa shape index (κ3) is 6.34. The second-order valence-electron chi connectivity index (χ2n) is 22.0. The van der Waals surface area contributed by atoms with Gasteiger partial charge in [0.2, 0.25) is 0 Å². The van der Waals surface area contributed by atoms with E-state index >= 15 is 0 Å². The topological polar surface area (TPSA) is 12.5 Å². The number of anilines is 3. The molecule has 0 fully saturated rings. The van der Waals surface area contributed by atoms with Crippen molar-refractivity contribution in [1.29, 1.82) is 0 Å². The molecule has 348 valence electrons. The molecule has 0 saturated carbocycles. The zero-order chi connectivity index (χ0) is 49.0. The number of fused-ring (bicyclic) bond motifs is 12. The van der Waals surface area contributed by atoms with Crippen LogP contribution in [0.2, 0.25) is 0 Å². The highest BCUT2D eigenvalue weighted by atomic mass is 16.5. The summed E-state index contributed by atoms with van der Waals surface area (Å²) in [5, 5.41) is 0. The van der Waals surface area contributed by atoms with Gasteiger partial charge in [0.15, 0.2) is 0 Å². The first-order valence-electron chi connectivity index (χ1n) is 25.5. The highest BCUT2D eigenvalue weighted by Crippen LogP contribution is 2.65. The zero-order valence-corrected chi connectivity index (χ0v) is 41.9. The molecule has 0 atom stereocenters. The molecule has 2 aliphatic carbocycles. The molecule has 1 spiro atoms. The highest BCUT2D eigenvalue weighted by molar-refractivity contribution is 5.96. The molecule has 2 nitrogen and oxygen atoms in total. The number of benzene rings is 10. The molecule has 10 aromatic carbocycles. The molecule has 3 aliphatic rings. The lowest BCUT2D eigenvalue weighted by Gasteiger charge is -2.41. The van der Waals surface area contributed by atoms with E-state index in [0.717, 1.165) is 45.3 Å². The Morgan fingerprint density at radius 1 is 0.319 bits per heavy atom. The van der Waals surface area contributed by atoms with Gasteiger partial charge in [0.1, 0.15) is 11.5 Å². The fraction of sp³-hybridized carbons (Fsp3) is 0.143. The maximum atomic E-state index is 7.42. The highest BCUT2D eigenvalue weighted by Gasteiger charge is 2.53. The fourth-order valence-corrected chi connectivity index (χ4v) is 12.6. The summed E-state index contributed by atoms with van der Waals surface area (Å²) >= 11 is 0. The SMILES string of the molecule is CC(C)(C)c1ccc2c(c1)C1(c3ccccc3Oc3c(-c4ccccc4N(c4ccccc4)c4ccc5c(c4)C(c4ccccc4)(c4ccccc4)c4ccccc4-5)cccc31)c1cc(C(C)(C)C)ccc1-2. The lowest BCUT2D eigenvalue weighted by atomic mass is 9.64. The van der Waals surface area contributed by atoms with Gasteiger partial charge >= 0.3 is 0 Å². The van der Waals surface area contributed by atoms with Crippen molar-refractivity contribution in [2.75, 3.05) is 4.90 Å². The molecule has 2 heteroatoms. The van der Waals surface area contributed by atoms with Crippen LogP contribution in [0.4, 0.5) is 17.1 Å². The Labute approximate surface area is 424 Å². The normalized spacial score (nSPS) is 14.3. The number of hydrogen-bond acceptors (Lipinski definition) is 2. The third-order valence-electron chi connectivity index (χ3n) is 15.9. The first-order valence-corrected chi connectivity index (χ1v) is 25.5. The molecular formula is C70H57NO. The van der Waals surface area contributed by atoms with E-state index in [4.69, 9.17) is 4.74 Å². The van der Waals surface area contributed by atoms with E-state index in [-0.39, 0.29) is 10.8 Å². The Bertz CT molecular complexity index is 3640. The summed E-state index contributed by atoms with van der Waals surface area (Å²) in [6, 6.07) is 88.2. The monoisotopic (exact) mass is 927 g/mol. The van der Waals surface area contributed by atoms with Crippen LogP contribution in [0.3, 0.4) is 0 Å². The van der Waals surface area contributed by atoms with Crippen molar-refractivity contribution in [3.05, 3.63) is 292 Å². The van der Waals surface area contributed by atoms with E-state index in [1.54, 1.807) is 0 Å². The van der Waals surface area contributed by atoms with Gasteiger partial charge in [0.25, 0.3) is 0 Å². The minimum Gasteiger partial charge on any atom is -0.456 e. The van der Waals surface area contributed by atoms with Gasteiger partial charge in [-0.2, -0.15) is 0 Å². The molecule has 13 rings (SSSR count). The van der Waals surface area contributed by atoms with Gasteiger partial charge in [-0.05, 0) is 114 Å². The van der Waals surface area contributed by atoms with Gasteiger partial charge in [-0.1, -0.05) is 242 Å². The number of hydrogen-bond donors (Lipinski definition) is 0. The molecule has 10 aromatic rings. The molecule has 0 N–H and O–H groups in total. The molecule has 1 aliphatic heterocycles. The Balaban J connectivity index is 1.07. The van der Waals surface area contributed by atoms with Crippen LogP contribution in [0.15, 0.2) is 237 Å². The first-order chi connectivity index (χ1) is 35.0. The minimum atomic E-state index is -0.644. The molecule has 0 amide bonds. The van der Waals surface area contributed by atoms with Crippen molar-refractivity contribution in [3.8, 4) is 44.9 Å². The second-order valence-corrected chi connectivity index (χ2v) is 22.0. The van der Waals surface area contributed by atoms with Gasteiger partial charge < -0.3 is 9.64 Å². The number of para-hydroxylation sites is 4. The number of nitrogens with zero attached hydrogens (tertiary/aromatic N) is 1. The average Bonchev–Trinajstić information content (AvgIpc) is 3.86. The van der Waals surface area contributed by atoms with Crippen LogP contribution in [0.5, 0.6) is 11.5 Å². The van der Waals surface area contributed by atoms with Crippen molar-refractivity contribution in [3.63, 3.8) is 0 Å². The maximum absolute atomic E-state index is 7.42. The lowest BCUT2D eigenvalue weighted by Crippen LogP contribution is -2.33. The van der Waals surface area contributed by atoms with E-state index in [9.17, 15) is 0 Å². The van der Waals surface area contributed by atoms with Crippen molar-refractivity contribution in [1.82, 2.24) is 0 Å². The summed E-state index contributed by atoms with van der Waals surface area (Å²) in [5.41, 5.74) is 21.7. The van der Waals surface area contributed by atoms with E-state index in [1.165, 1.54) is 72.3 Å². The fourth-order valence-electron chi connectivity index (χ4n) is 12.6. The molecule has 0 saturated heterocycles. The Hall–Kier alpha value is -8.20. The van der Waals surface area contributed by atoms with E-state index in [2.05, 4.69) is 283 Å². The summed E-state index contributed by atoms with van der Waals surface area (Å²) in [5.74, 6) is 1.77. The van der Waals surface area contributed by atoms with Gasteiger partial charge in [-0.15, -0.1) is 0 Å². The van der Waals surface area contributed by atoms with E-state index in [1.807, 2.05) is 0 Å². The molecule has 0 bridgehead atoms. The van der Waals surface area contributed by atoms with Crippen molar-refractivity contribution >= 4 is 17.1 Å². The summed E-state index contributed by atoms with van der Waals surface area (Å²) in [7, 11) is 0. The van der Waals surface area contributed by atoms with Crippen LogP contribution in [0, 0.1) is 0 Å². The van der Waals surface area contributed by atoms with Gasteiger partial charge in [0.05, 0.1) is 16.5 Å². The summed E-state index contributed by atoms with van der Waals surface area (Å²) in [6.45, 7) is 13.9. The first kappa shape index (κ1) is 43.8. The number of ether oxygens (including phenoxy) is 1. The van der Waals surface area contributed by atoms with Crippen LogP contribution in [-0.4, -0.2) is 0 Å². The molecule has 72 heavy (non-hydrogen) atoms. The summed E-state index contributed by atoms with van der Waals surface area (Å²) in [4.78, 5) is 2.46. The Morgan fingerprint density at radius 3 is 1.39 bits per heavy atom. The predicted molar refractivity (Wildman–Crippen MR) is 299 cm³/mol. The Kier molecular flexibility index (Phi) is 9.83. The number of rotatable bonds is 6. The molecule has 0 unspecified atom stereocenters. The molecule has 0 radical (unpaired) electrons. The molecule has 0 aromatic heterocycles. The maximum Gasteiger partial charge on any atom is 0.140 e. The third-order valence-corrected chi connectivity index (χ3v) is 15.9. The van der Waals surface area contributed by atoms with Crippen LogP contribution in [-0.2, 0) is 21.7 Å². The zero-order valence-electron chi connectivity index (χ0n) is 41.9. The van der Waals surface area contributed by atoms with Gasteiger partial charge in [-0.3, -0.25) is 0 Å². The quantitative estimate of drug-likeness (QED) is 0.165. The van der Waals surface area contributed by atoms with Crippen molar-refractivity contribution in [2.24, 2.45) is 0 Å². The van der Waals surface area contributed by atoms with Crippen LogP contribution in [0.25, 0.3) is 33.4 Å². The van der Waals surface area contributed by atoms with E-state index < -0.39 is 10.8 Å². The summed E-state index contributed by atoms with van der Waals surface area (Å²) < 4.78 is 7.42. The average molecular weight is 928 g/mol. The smallest absolute Gasteiger partial charge is 0.140 e.